The van der Waals surface area contributed by atoms with Crippen molar-refractivity contribution >= 4 is 5.97 Å². The topological polar surface area (TPSA) is 37.3 Å². The third-order valence-electron chi connectivity index (χ3n) is 5.86. The van der Waals surface area contributed by atoms with Crippen LogP contribution in [0.2, 0.25) is 0 Å². The van der Waals surface area contributed by atoms with Crippen molar-refractivity contribution in [2.75, 3.05) is 0 Å². The largest absolute Gasteiger partial charge is 0.481 e. The molecule has 0 rings (SSSR count). The van der Waals surface area contributed by atoms with E-state index in [-0.39, 0.29) is 6.42 Å². The molecular weight excluding hydrogens is 356 g/mol. The Labute approximate surface area is 182 Å². The zero-order valence-electron chi connectivity index (χ0n) is 19.7. The fraction of sp³-hybridized carbons (Fsp3) is 0.815. The third-order valence-corrected chi connectivity index (χ3v) is 5.86. The molecule has 170 valence electrons. The van der Waals surface area contributed by atoms with Crippen LogP contribution in [0.25, 0.3) is 0 Å². The molecule has 0 saturated heterocycles. The van der Waals surface area contributed by atoms with Gasteiger partial charge >= 0.3 is 5.97 Å². The van der Waals surface area contributed by atoms with Crippen LogP contribution in [0.15, 0.2) is 24.3 Å². The number of unbranched alkanes of at least 4 members (excludes halogenated alkanes) is 13. The monoisotopic (exact) mass is 406 g/mol. The molecule has 0 saturated carbocycles. The zero-order valence-corrected chi connectivity index (χ0v) is 19.7. The van der Waals surface area contributed by atoms with E-state index in [1.165, 1.54) is 89.9 Å². The molecule has 1 unspecified atom stereocenters. The van der Waals surface area contributed by atoms with Crippen LogP contribution in [0.1, 0.15) is 136 Å². The second kappa shape index (κ2) is 23.2. The molecule has 1 N–H and O–H groups in total. The molecule has 0 aromatic heterocycles. The van der Waals surface area contributed by atoms with Gasteiger partial charge in [0.15, 0.2) is 0 Å². The van der Waals surface area contributed by atoms with Gasteiger partial charge in [0.2, 0.25) is 0 Å². The molecule has 0 aliphatic heterocycles. The van der Waals surface area contributed by atoms with Gasteiger partial charge in [-0.1, -0.05) is 115 Å². The van der Waals surface area contributed by atoms with Crippen LogP contribution in [0.4, 0.5) is 0 Å². The first-order valence-corrected chi connectivity index (χ1v) is 12.7. The second-order valence-electron chi connectivity index (χ2n) is 8.79. The third kappa shape index (κ3) is 24.9. The summed E-state index contributed by atoms with van der Waals surface area (Å²) in [6, 6.07) is 0. The standard InChI is InChI=1S/C27H50O2/c1-3-26(2)24-22-20-18-16-14-12-10-8-6-4-5-7-9-11-13-15-17-19-21-23-25-27(28)29/h9,11,17,19,26H,3-8,10,12-16,18,20-25H2,1-2H3,(H,28,29)/b11-9-,19-17-. The molecule has 0 aromatic carbocycles. The molecule has 0 aliphatic rings. The first kappa shape index (κ1) is 27.9. The molecular formula is C27H50O2. The molecule has 2 heteroatoms. The van der Waals surface area contributed by atoms with Crippen LogP contribution in [-0.4, -0.2) is 11.1 Å². The van der Waals surface area contributed by atoms with Gasteiger partial charge in [0.05, 0.1) is 0 Å². The minimum absolute atomic E-state index is 0.281. The smallest absolute Gasteiger partial charge is 0.303 e. The maximum atomic E-state index is 10.4. The highest BCUT2D eigenvalue weighted by atomic mass is 16.4. The summed E-state index contributed by atoms with van der Waals surface area (Å²) in [5, 5.41) is 8.56. The summed E-state index contributed by atoms with van der Waals surface area (Å²) < 4.78 is 0. The van der Waals surface area contributed by atoms with E-state index in [2.05, 4.69) is 38.2 Å². The molecule has 0 aromatic rings. The van der Waals surface area contributed by atoms with E-state index < -0.39 is 5.97 Å². The predicted octanol–water partition coefficient (Wildman–Crippen LogP) is 9.25. The number of allylic oxidation sites excluding steroid dienone is 4. The predicted molar refractivity (Wildman–Crippen MR) is 128 cm³/mol. The summed E-state index contributed by atoms with van der Waals surface area (Å²) in [6.45, 7) is 4.68. The normalized spacial score (nSPS) is 12.9. The first-order valence-electron chi connectivity index (χ1n) is 12.7. The molecule has 0 radical (unpaired) electrons. The lowest BCUT2D eigenvalue weighted by atomic mass is 9.99. The SMILES string of the molecule is CCC(C)CCCCCCCCCCCCC/C=C\CC/C=C\CCCC(=O)O. The molecule has 0 fully saturated rings. The van der Waals surface area contributed by atoms with Crippen molar-refractivity contribution in [2.24, 2.45) is 5.92 Å². The minimum Gasteiger partial charge on any atom is -0.481 e. The van der Waals surface area contributed by atoms with Crippen molar-refractivity contribution in [3.8, 4) is 0 Å². The number of aliphatic carboxylic acids is 1. The average Bonchev–Trinajstić information content (AvgIpc) is 2.71. The summed E-state index contributed by atoms with van der Waals surface area (Å²) in [5.74, 6) is 0.232. The lowest BCUT2D eigenvalue weighted by molar-refractivity contribution is -0.137. The van der Waals surface area contributed by atoms with Crippen molar-refractivity contribution < 1.29 is 9.90 Å². The van der Waals surface area contributed by atoms with Gasteiger partial charge < -0.3 is 5.11 Å². The Balaban J connectivity index is 3.17. The number of carboxylic acid groups (broad SMARTS) is 1. The van der Waals surface area contributed by atoms with Crippen LogP contribution < -0.4 is 0 Å². The number of rotatable bonds is 22. The molecule has 0 bridgehead atoms. The summed E-state index contributed by atoms with van der Waals surface area (Å²) >= 11 is 0. The number of carboxylic acids is 1. The van der Waals surface area contributed by atoms with Crippen LogP contribution in [-0.2, 0) is 4.79 Å². The van der Waals surface area contributed by atoms with E-state index in [4.69, 9.17) is 5.11 Å². The van der Waals surface area contributed by atoms with Crippen molar-refractivity contribution in [3.63, 3.8) is 0 Å². The summed E-state index contributed by atoms with van der Waals surface area (Å²) in [5.41, 5.74) is 0. The molecule has 1 atom stereocenters. The molecule has 0 spiro atoms. The van der Waals surface area contributed by atoms with Crippen LogP contribution in [0.5, 0.6) is 0 Å². The molecule has 2 nitrogen and oxygen atoms in total. The van der Waals surface area contributed by atoms with Gasteiger partial charge in [-0.2, -0.15) is 0 Å². The highest BCUT2D eigenvalue weighted by Gasteiger charge is 1.98. The van der Waals surface area contributed by atoms with Gasteiger partial charge in [0.1, 0.15) is 0 Å². The lowest BCUT2D eigenvalue weighted by Crippen LogP contribution is -1.92. The Morgan fingerprint density at radius 3 is 1.55 bits per heavy atom. The number of hydrogen-bond donors (Lipinski definition) is 1. The van der Waals surface area contributed by atoms with Crippen LogP contribution >= 0.6 is 0 Å². The summed E-state index contributed by atoms with van der Waals surface area (Å²) in [7, 11) is 0. The van der Waals surface area contributed by atoms with E-state index >= 15 is 0 Å². The minimum atomic E-state index is -0.695. The van der Waals surface area contributed by atoms with Gasteiger partial charge in [0.25, 0.3) is 0 Å². The van der Waals surface area contributed by atoms with Gasteiger partial charge in [-0.05, 0) is 44.4 Å². The van der Waals surface area contributed by atoms with E-state index in [1.807, 2.05) is 0 Å². The van der Waals surface area contributed by atoms with Gasteiger partial charge in [0, 0.05) is 6.42 Å². The second-order valence-corrected chi connectivity index (χ2v) is 8.79. The fourth-order valence-electron chi connectivity index (χ4n) is 3.59. The van der Waals surface area contributed by atoms with Crippen LogP contribution in [0, 0.1) is 5.92 Å². The Morgan fingerprint density at radius 2 is 1.07 bits per heavy atom. The number of hydrogen-bond acceptors (Lipinski definition) is 1. The zero-order chi connectivity index (χ0) is 21.4. The summed E-state index contributed by atoms with van der Waals surface area (Å²) in [4.78, 5) is 10.4. The van der Waals surface area contributed by atoms with Crippen LogP contribution in [0.3, 0.4) is 0 Å². The summed E-state index contributed by atoms with van der Waals surface area (Å²) in [6.07, 6.45) is 32.6. The molecule has 0 aliphatic carbocycles. The first-order chi connectivity index (χ1) is 14.2. The Kier molecular flexibility index (Phi) is 22.4. The van der Waals surface area contributed by atoms with E-state index in [9.17, 15) is 4.79 Å². The molecule has 0 heterocycles. The van der Waals surface area contributed by atoms with Crippen molar-refractivity contribution in [2.45, 2.75) is 136 Å². The van der Waals surface area contributed by atoms with E-state index in [0.29, 0.717) is 0 Å². The Bertz CT molecular complexity index is 397. The van der Waals surface area contributed by atoms with Gasteiger partial charge in [-0.3, -0.25) is 4.79 Å². The van der Waals surface area contributed by atoms with Crippen molar-refractivity contribution in [1.29, 1.82) is 0 Å². The van der Waals surface area contributed by atoms with Gasteiger partial charge in [-0.15, -0.1) is 0 Å². The number of carbonyl (C=O) groups is 1. The van der Waals surface area contributed by atoms with Crippen molar-refractivity contribution in [1.82, 2.24) is 0 Å². The van der Waals surface area contributed by atoms with E-state index in [0.717, 1.165) is 31.6 Å². The van der Waals surface area contributed by atoms with Gasteiger partial charge in [-0.25, -0.2) is 0 Å². The fourth-order valence-corrected chi connectivity index (χ4v) is 3.59. The average molecular weight is 407 g/mol. The van der Waals surface area contributed by atoms with Crippen molar-refractivity contribution in [3.05, 3.63) is 24.3 Å². The molecule has 29 heavy (non-hydrogen) atoms. The maximum Gasteiger partial charge on any atom is 0.303 e. The highest BCUT2D eigenvalue weighted by molar-refractivity contribution is 5.66. The van der Waals surface area contributed by atoms with E-state index in [1.54, 1.807) is 0 Å². The highest BCUT2D eigenvalue weighted by Crippen LogP contribution is 2.15. The quantitative estimate of drug-likeness (QED) is 0.144. The Hall–Kier alpha value is -1.05. The Morgan fingerprint density at radius 1 is 0.655 bits per heavy atom. The lowest BCUT2D eigenvalue weighted by Gasteiger charge is -2.07. The molecule has 0 amide bonds. The maximum absolute atomic E-state index is 10.4.